The van der Waals surface area contributed by atoms with Crippen LogP contribution in [-0.2, 0) is 11.2 Å². The second kappa shape index (κ2) is 11.3. The fourth-order valence-corrected chi connectivity index (χ4v) is 4.14. The number of carbonyl (C=O) groups excluding carboxylic acids is 1. The largest absolute Gasteiger partial charge is 0.490 e. The molecule has 0 radical (unpaired) electrons. The summed E-state index contributed by atoms with van der Waals surface area (Å²) >= 11 is 5.96. The number of piperazine rings is 1. The third-order valence-electron chi connectivity index (χ3n) is 5.78. The SMILES string of the molecule is CCOc1ccc(CC(=O)N2CCN(c3ccc(=O)n(-c4ccc(Cl)cc4)n3)CC2)cc1OCC. The number of ether oxygens (including phenoxy) is 2. The van der Waals surface area contributed by atoms with Crippen molar-refractivity contribution in [3.05, 3.63) is 75.5 Å². The molecule has 2 heterocycles. The van der Waals surface area contributed by atoms with E-state index < -0.39 is 0 Å². The summed E-state index contributed by atoms with van der Waals surface area (Å²) in [5.41, 5.74) is 1.32. The van der Waals surface area contributed by atoms with Crippen LogP contribution in [0, 0.1) is 0 Å². The molecule has 0 atom stereocenters. The van der Waals surface area contributed by atoms with Gasteiger partial charge < -0.3 is 19.3 Å². The number of aromatic nitrogens is 2. The van der Waals surface area contributed by atoms with E-state index in [1.165, 1.54) is 10.7 Å². The summed E-state index contributed by atoms with van der Waals surface area (Å²) in [6.07, 6.45) is 0.298. The first-order chi connectivity index (χ1) is 17.0. The second-order valence-electron chi connectivity index (χ2n) is 8.11. The van der Waals surface area contributed by atoms with Gasteiger partial charge in [-0.3, -0.25) is 9.59 Å². The molecule has 1 aromatic heterocycles. The molecule has 0 spiro atoms. The third kappa shape index (κ3) is 5.95. The number of anilines is 1. The number of amides is 1. The van der Waals surface area contributed by atoms with Crippen molar-refractivity contribution < 1.29 is 14.3 Å². The first-order valence-electron chi connectivity index (χ1n) is 11.8. The number of hydrogen-bond acceptors (Lipinski definition) is 6. The third-order valence-corrected chi connectivity index (χ3v) is 6.03. The van der Waals surface area contributed by atoms with Crippen molar-refractivity contribution in [1.29, 1.82) is 0 Å². The fourth-order valence-electron chi connectivity index (χ4n) is 4.01. The lowest BCUT2D eigenvalue weighted by Crippen LogP contribution is -2.49. The minimum Gasteiger partial charge on any atom is -0.490 e. The summed E-state index contributed by atoms with van der Waals surface area (Å²) in [6, 6.07) is 15.9. The summed E-state index contributed by atoms with van der Waals surface area (Å²) < 4.78 is 12.7. The van der Waals surface area contributed by atoms with Crippen molar-refractivity contribution in [3.63, 3.8) is 0 Å². The highest BCUT2D eigenvalue weighted by molar-refractivity contribution is 6.30. The zero-order chi connectivity index (χ0) is 24.8. The van der Waals surface area contributed by atoms with E-state index in [-0.39, 0.29) is 11.5 Å². The van der Waals surface area contributed by atoms with Gasteiger partial charge in [0.25, 0.3) is 5.56 Å². The van der Waals surface area contributed by atoms with Crippen LogP contribution in [0.25, 0.3) is 5.69 Å². The van der Waals surface area contributed by atoms with Crippen LogP contribution in [0.2, 0.25) is 5.02 Å². The van der Waals surface area contributed by atoms with E-state index in [1.54, 1.807) is 30.3 Å². The molecular weight excluding hydrogens is 468 g/mol. The molecular formula is C26H29ClN4O4. The molecule has 2 aromatic carbocycles. The Morgan fingerprint density at radius 2 is 1.60 bits per heavy atom. The lowest BCUT2D eigenvalue weighted by molar-refractivity contribution is -0.130. The van der Waals surface area contributed by atoms with E-state index in [4.69, 9.17) is 21.1 Å². The molecule has 0 aliphatic carbocycles. The number of benzene rings is 2. The van der Waals surface area contributed by atoms with Crippen LogP contribution in [0.15, 0.2) is 59.4 Å². The first-order valence-corrected chi connectivity index (χ1v) is 12.1. The predicted molar refractivity (Wildman–Crippen MR) is 136 cm³/mol. The van der Waals surface area contributed by atoms with Crippen molar-refractivity contribution in [2.24, 2.45) is 0 Å². The van der Waals surface area contributed by atoms with E-state index in [0.29, 0.717) is 73.8 Å². The minimum absolute atomic E-state index is 0.0651. The molecule has 35 heavy (non-hydrogen) atoms. The molecule has 1 saturated heterocycles. The van der Waals surface area contributed by atoms with Gasteiger partial charge >= 0.3 is 0 Å². The van der Waals surface area contributed by atoms with Crippen molar-refractivity contribution in [1.82, 2.24) is 14.7 Å². The Balaban J connectivity index is 1.39. The standard InChI is InChI=1S/C26H29ClN4O4/c1-3-34-22-10-5-19(17-23(22)35-4-2)18-26(33)30-15-13-29(14-16-30)24-11-12-25(32)31(28-24)21-8-6-20(27)7-9-21/h5-12,17H,3-4,13-16,18H2,1-2H3. The monoisotopic (exact) mass is 496 g/mol. The second-order valence-corrected chi connectivity index (χ2v) is 8.55. The van der Waals surface area contributed by atoms with Gasteiger partial charge in [-0.1, -0.05) is 17.7 Å². The molecule has 9 heteroatoms. The van der Waals surface area contributed by atoms with Gasteiger partial charge in [-0.2, -0.15) is 4.68 Å². The first kappa shape index (κ1) is 24.6. The minimum atomic E-state index is -0.216. The molecule has 1 fully saturated rings. The van der Waals surface area contributed by atoms with Crippen LogP contribution in [0.4, 0.5) is 5.82 Å². The number of halogens is 1. The summed E-state index contributed by atoms with van der Waals surface area (Å²) in [4.78, 5) is 29.3. The average Bonchev–Trinajstić information content (AvgIpc) is 2.87. The van der Waals surface area contributed by atoms with Gasteiger partial charge in [-0.25, -0.2) is 0 Å². The van der Waals surface area contributed by atoms with Crippen molar-refractivity contribution >= 4 is 23.3 Å². The highest BCUT2D eigenvalue weighted by atomic mass is 35.5. The lowest BCUT2D eigenvalue weighted by Gasteiger charge is -2.35. The van der Waals surface area contributed by atoms with Gasteiger partial charge in [0.15, 0.2) is 11.5 Å². The van der Waals surface area contributed by atoms with Gasteiger partial charge in [-0.15, -0.1) is 5.10 Å². The molecule has 0 saturated carbocycles. The van der Waals surface area contributed by atoms with Gasteiger partial charge in [0, 0.05) is 37.3 Å². The highest BCUT2D eigenvalue weighted by Crippen LogP contribution is 2.29. The van der Waals surface area contributed by atoms with Crippen LogP contribution in [0.5, 0.6) is 11.5 Å². The highest BCUT2D eigenvalue weighted by Gasteiger charge is 2.23. The Morgan fingerprint density at radius 3 is 2.29 bits per heavy atom. The Hall–Kier alpha value is -3.52. The van der Waals surface area contributed by atoms with Gasteiger partial charge in [0.2, 0.25) is 5.91 Å². The zero-order valence-electron chi connectivity index (χ0n) is 19.9. The molecule has 0 bridgehead atoms. The zero-order valence-corrected chi connectivity index (χ0v) is 20.7. The summed E-state index contributed by atoms with van der Waals surface area (Å²) in [5.74, 6) is 2.10. The Bertz CT molecular complexity index is 1220. The van der Waals surface area contributed by atoms with Crippen molar-refractivity contribution in [3.8, 4) is 17.2 Å². The molecule has 1 aliphatic rings. The van der Waals surface area contributed by atoms with Gasteiger partial charge in [0.1, 0.15) is 5.82 Å². The number of hydrogen-bond donors (Lipinski definition) is 0. The van der Waals surface area contributed by atoms with Crippen LogP contribution in [0.1, 0.15) is 19.4 Å². The van der Waals surface area contributed by atoms with E-state index in [2.05, 4.69) is 10.00 Å². The maximum Gasteiger partial charge on any atom is 0.271 e. The van der Waals surface area contributed by atoms with E-state index in [1.807, 2.05) is 36.9 Å². The predicted octanol–water partition coefficient (Wildman–Crippen LogP) is 3.57. The molecule has 4 rings (SSSR count). The number of nitrogens with zero attached hydrogens (tertiary/aromatic N) is 4. The molecule has 184 valence electrons. The van der Waals surface area contributed by atoms with Crippen LogP contribution in [-0.4, -0.2) is 60.0 Å². The van der Waals surface area contributed by atoms with E-state index >= 15 is 0 Å². The van der Waals surface area contributed by atoms with Crippen LogP contribution in [0.3, 0.4) is 0 Å². The summed E-state index contributed by atoms with van der Waals surface area (Å²) in [7, 11) is 0. The Morgan fingerprint density at radius 1 is 0.914 bits per heavy atom. The quantitative estimate of drug-likeness (QED) is 0.474. The van der Waals surface area contributed by atoms with E-state index in [0.717, 1.165) is 5.56 Å². The van der Waals surface area contributed by atoms with E-state index in [9.17, 15) is 9.59 Å². The number of rotatable bonds is 8. The summed E-state index contributed by atoms with van der Waals surface area (Å²) in [5, 5.41) is 5.14. The molecule has 0 N–H and O–H groups in total. The molecule has 8 nitrogen and oxygen atoms in total. The van der Waals surface area contributed by atoms with Crippen LogP contribution < -0.4 is 19.9 Å². The lowest BCUT2D eigenvalue weighted by atomic mass is 10.1. The van der Waals surface area contributed by atoms with Crippen molar-refractivity contribution in [2.45, 2.75) is 20.3 Å². The fraction of sp³-hybridized carbons (Fsp3) is 0.346. The number of carbonyl (C=O) groups is 1. The molecule has 1 aliphatic heterocycles. The maximum absolute atomic E-state index is 13.0. The Kier molecular flexibility index (Phi) is 7.92. The van der Waals surface area contributed by atoms with Gasteiger partial charge in [0.05, 0.1) is 25.3 Å². The molecule has 0 unspecified atom stereocenters. The Labute approximate surface area is 209 Å². The van der Waals surface area contributed by atoms with Crippen molar-refractivity contribution in [2.75, 3.05) is 44.3 Å². The maximum atomic E-state index is 13.0. The average molecular weight is 497 g/mol. The normalized spacial score (nSPS) is 13.6. The molecule has 3 aromatic rings. The van der Waals surface area contributed by atoms with Crippen LogP contribution >= 0.6 is 11.6 Å². The summed E-state index contributed by atoms with van der Waals surface area (Å²) in [6.45, 7) is 7.34. The molecule has 1 amide bonds. The smallest absolute Gasteiger partial charge is 0.271 e. The topological polar surface area (TPSA) is 76.9 Å². The van der Waals surface area contributed by atoms with Gasteiger partial charge in [-0.05, 0) is 61.9 Å².